The highest BCUT2D eigenvalue weighted by atomic mass is 79.9. The van der Waals surface area contributed by atoms with Crippen molar-refractivity contribution in [3.8, 4) is 0 Å². The Morgan fingerprint density at radius 1 is 0.756 bits per heavy atom. The maximum Gasteiger partial charge on any atom is 0.305 e. The lowest BCUT2D eigenvalue weighted by Crippen LogP contribution is -1.98. The van der Waals surface area contributed by atoms with Gasteiger partial charge in [-0.15, -0.1) is 6.58 Å². The van der Waals surface area contributed by atoms with Gasteiger partial charge in [-0.05, 0) is 68.4 Å². The molecular formula is C30H39BrN2O8. The number of ether oxygens (including phenoxy) is 2. The summed E-state index contributed by atoms with van der Waals surface area (Å²) in [4.78, 5) is 41.2. The Hall–Kier alpha value is -3.86. The lowest BCUT2D eigenvalue weighted by atomic mass is 10.1. The number of carbonyl (C=O) groups is 2. The molecule has 41 heavy (non-hydrogen) atoms. The number of esters is 2. The summed E-state index contributed by atoms with van der Waals surface area (Å²) >= 11 is 3.17. The smallest absolute Gasteiger partial charge is 0.305 e. The zero-order valence-electron chi connectivity index (χ0n) is 23.7. The van der Waals surface area contributed by atoms with Crippen LogP contribution in [0.1, 0.15) is 69.8 Å². The van der Waals surface area contributed by atoms with Crippen molar-refractivity contribution in [1.82, 2.24) is 0 Å². The number of nitro groups is 2. The third-order valence-electron chi connectivity index (χ3n) is 5.45. The second-order valence-electron chi connectivity index (χ2n) is 8.62. The molecule has 0 fully saturated rings. The molecule has 10 nitrogen and oxygen atoms in total. The van der Waals surface area contributed by atoms with Gasteiger partial charge in [-0.1, -0.05) is 47.0 Å². The van der Waals surface area contributed by atoms with Crippen LogP contribution in [0, 0.1) is 20.2 Å². The van der Waals surface area contributed by atoms with Gasteiger partial charge < -0.3 is 9.47 Å². The summed E-state index contributed by atoms with van der Waals surface area (Å²) in [6.45, 7) is 3.62. The third kappa shape index (κ3) is 20.7. The van der Waals surface area contributed by atoms with E-state index in [1.807, 2.05) is 18.2 Å². The number of benzene rings is 2. The predicted molar refractivity (Wildman–Crippen MR) is 163 cm³/mol. The molecule has 2 aromatic rings. The van der Waals surface area contributed by atoms with Crippen LogP contribution in [-0.4, -0.2) is 36.0 Å². The number of hydrogen-bond donors (Lipinski definition) is 0. The Bertz CT molecular complexity index is 1090. The minimum absolute atomic E-state index is 0.102. The van der Waals surface area contributed by atoms with Gasteiger partial charge in [-0.3, -0.25) is 29.8 Å². The van der Waals surface area contributed by atoms with Crippen LogP contribution in [0.3, 0.4) is 0 Å². The number of allylic oxidation sites excluding steroid dienone is 2. The summed E-state index contributed by atoms with van der Waals surface area (Å²) in [5.41, 5.74) is 1.17. The van der Waals surface area contributed by atoms with Crippen molar-refractivity contribution in [2.24, 2.45) is 0 Å². The number of methoxy groups -OCH3 is 2. The fourth-order valence-electron chi connectivity index (χ4n) is 3.14. The van der Waals surface area contributed by atoms with Crippen molar-refractivity contribution < 1.29 is 28.9 Å². The highest BCUT2D eigenvalue weighted by molar-refractivity contribution is 9.10. The van der Waals surface area contributed by atoms with Crippen LogP contribution < -0.4 is 0 Å². The van der Waals surface area contributed by atoms with E-state index in [9.17, 15) is 29.8 Å². The van der Waals surface area contributed by atoms with Crippen molar-refractivity contribution in [3.05, 3.63) is 97.5 Å². The van der Waals surface area contributed by atoms with E-state index < -0.39 is 9.85 Å². The average Bonchev–Trinajstić information content (AvgIpc) is 2.97. The van der Waals surface area contributed by atoms with Crippen molar-refractivity contribution >= 4 is 45.3 Å². The van der Waals surface area contributed by atoms with Gasteiger partial charge in [-0.2, -0.15) is 0 Å². The Morgan fingerprint density at radius 2 is 1.20 bits per heavy atom. The van der Waals surface area contributed by atoms with E-state index in [4.69, 9.17) is 0 Å². The summed E-state index contributed by atoms with van der Waals surface area (Å²) in [6.07, 6.45) is 14.9. The minimum Gasteiger partial charge on any atom is -0.469 e. The summed E-state index contributed by atoms with van der Waals surface area (Å²) in [5, 5.41) is 20.6. The average molecular weight is 636 g/mol. The Labute approximate surface area is 249 Å². The van der Waals surface area contributed by atoms with Gasteiger partial charge in [0.25, 0.3) is 11.4 Å². The first kappa shape index (κ1) is 37.1. The van der Waals surface area contributed by atoms with E-state index >= 15 is 0 Å². The van der Waals surface area contributed by atoms with Gasteiger partial charge in [0, 0.05) is 41.6 Å². The zero-order valence-corrected chi connectivity index (χ0v) is 25.3. The van der Waals surface area contributed by atoms with E-state index in [1.165, 1.54) is 38.5 Å². The largest absolute Gasteiger partial charge is 0.469 e. The molecule has 0 atom stereocenters. The van der Waals surface area contributed by atoms with Gasteiger partial charge in [-0.25, -0.2) is 0 Å². The molecule has 0 aromatic heterocycles. The number of nitro benzene ring substituents is 2. The van der Waals surface area contributed by atoms with Crippen LogP contribution in [0.4, 0.5) is 11.4 Å². The van der Waals surface area contributed by atoms with Crippen LogP contribution >= 0.6 is 15.9 Å². The van der Waals surface area contributed by atoms with Gasteiger partial charge in [0.1, 0.15) is 0 Å². The number of hydrogen-bond acceptors (Lipinski definition) is 8. The molecule has 0 saturated heterocycles. The Kier molecular flexibility index (Phi) is 21.7. The molecule has 224 valence electrons. The van der Waals surface area contributed by atoms with Crippen LogP contribution in [0.2, 0.25) is 0 Å². The summed E-state index contributed by atoms with van der Waals surface area (Å²) in [6, 6.07) is 12.6. The fourth-order valence-corrected chi connectivity index (χ4v) is 3.40. The standard InChI is InChI=1S/C15H19NO4.C9H16O2.C6H4BrNO2/c1-20-15(17)8-6-4-2-3-5-7-13-9-11-14(12-10-13)16(18)19;1-3-4-5-6-7-8-9(10)11-2;7-5-1-3-6(4-2-5)8(9)10/h5,7,9-12H,2-4,6,8H2,1H3;3H,1,4-8H2,2H3;1-4H/b7-5+;;. The van der Waals surface area contributed by atoms with E-state index in [0.717, 1.165) is 61.4 Å². The normalized spacial score (nSPS) is 9.93. The molecule has 0 amide bonds. The number of carbonyl (C=O) groups excluding carboxylic acids is 2. The van der Waals surface area contributed by atoms with Crippen LogP contribution in [0.25, 0.3) is 6.08 Å². The molecule has 0 unspecified atom stereocenters. The van der Waals surface area contributed by atoms with Crippen molar-refractivity contribution in [2.45, 2.75) is 64.2 Å². The number of nitrogens with zero attached hydrogens (tertiary/aromatic N) is 2. The first-order valence-electron chi connectivity index (χ1n) is 13.2. The minimum atomic E-state index is -0.424. The first-order valence-corrected chi connectivity index (χ1v) is 14.0. The molecule has 2 rings (SSSR count). The summed E-state index contributed by atoms with van der Waals surface area (Å²) in [5.74, 6) is -0.268. The van der Waals surface area contributed by atoms with E-state index in [-0.39, 0.29) is 23.3 Å². The maximum absolute atomic E-state index is 10.9. The lowest BCUT2D eigenvalue weighted by molar-refractivity contribution is -0.385. The molecule has 0 aliphatic carbocycles. The number of unbranched alkanes of at least 4 members (excludes halogenated alkanes) is 6. The summed E-state index contributed by atoms with van der Waals surface area (Å²) < 4.78 is 9.90. The molecule has 11 heteroatoms. The molecule has 0 saturated carbocycles. The second-order valence-corrected chi connectivity index (χ2v) is 9.54. The topological polar surface area (TPSA) is 139 Å². The molecule has 0 heterocycles. The SMILES string of the molecule is C=CCCCCCC(=O)OC.COC(=O)CCCCC/C=C/c1ccc([N+](=O)[O-])cc1.O=[N+]([O-])c1ccc(Br)cc1. The molecule has 0 radical (unpaired) electrons. The van der Waals surface area contributed by atoms with Crippen LogP contribution in [0.5, 0.6) is 0 Å². The van der Waals surface area contributed by atoms with Crippen molar-refractivity contribution in [1.29, 1.82) is 0 Å². The Morgan fingerprint density at radius 3 is 1.61 bits per heavy atom. The van der Waals surface area contributed by atoms with Gasteiger partial charge in [0.15, 0.2) is 0 Å². The molecule has 0 aliphatic rings. The highest BCUT2D eigenvalue weighted by Crippen LogP contribution is 2.15. The number of halogens is 1. The molecule has 0 N–H and O–H groups in total. The predicted octanol–water partition coefficient (Wildman–Crippen LogP) is 8.38. The molecule has 0 bridgehead atoms. The van der Waals surface area contributed by atoms with Gasteiger partial charge >= 0.3 is 11.9 Å². The molecule has 2 aromatic carbocycles. The quantitative estimate of drug-likeness (QED) is 0.0625. The van der Waals surface area contributed by atoms with Crippen LogP contribution in [-0.2, 0) is 19.1 Å². The maximum atomic E-state index is 10.9. The third-order valence-corrected chi connectivity index (χ3v) is 5.98. The molecular weight excluding hydrogens is 596 g/mol. The molecule has 0 aliphatic heterocycles. The molecule has 0 spiro atoms. The zero-order chi connectivity index (χ0) is 30.9. The highest BCUT2D eigenvalue weighted by Gasteiger charge is 2.03. The first-order chi connectivity index (χ1) is 19.6. The van der Waals surface area contributed by atoms with Crippen molar-refractivity contribution in [3.63, 3.8) is 0 Å². The van der Waals surface area contributed by atoms with Crippen molar-refractivity contribution in [2.75, 3.05) is 14.2 Å². The Balaban J connectivity index is 0.000000643. The number of rotatable bonds is 15. The second kappa shape index (κ2) is 24.0. The monoisotopic (exact) mass is 634 g/mol. The van der Waals surface area contributed by atoms with E-state index in [0.29, 0.717) is 12.8 Å². The van der Waals surface area contributed by atoms with Gasteiger partial charge in [0.2, 0.25) is 0 Å². The van der Waals surface area contributed by atoms with E-state index in [2.05, 4.69) is 32.0 Å². The van der Waals surface area contributed by atoms with Gasteiger partial charge in [0.05, 0.1) is 24.1 Å². The lowest BCUT2D eigenvalue weighted by Gasteiger charge is -1.98. The summed E-state index contributed by atoms with van der Waals surface area (Å²) in [7, 11) is 2.82. The van der Waals surface area contributed by atoms with E-state index in [1.54, 1.807) is 24.3 Å². The fraction of sp³-hybridized carbons (Fsp3) is 0.400. The van der Waals surface area contributed by atoms with Crippen LogP contribution in [0.15, 0.2) is 71.7 Å². The number of non-ortho nitro benzene ring substituents is 2.